The molecule has 112 valence electrons. The van der Waals surface area contributed by atoms with Gasteiger partial charge in [-0.05, 0) is 31.2 Å². The van der Waals surface area contributed by atoms with Crippen molar-refractivity contribution in [3.8, 4) is 17.2 Å². The van der Waals surface area contributed by atoms with Crippen molar-refractivity contribution in [1.82, 2.24) is 10.2 Å². The van der Waals surface area contributed by atoms with Gasteiger partial charge >= 0.3 is 0 Å². The van der Waals surface area contributed by atoms with Crippen LogP contribution >= 0.6 is 0 Å². The Kier molecular flexibility index (Phi) is 3.82. The molecule has 0 aliphatic rings. The molecular weight excluding hydrogens is 290 g/mol. The van der Waals surface area contributed by atoms with E-state index < -0.39 is 11.6 Å². The molecule has 0 N–H and O–H groups in total. The molecule has 6 heteroatoms. The molecule has 1 aromatic heterocycles. The fourth-order valence-corrected chi connectivity index (χ4v) is 1.92. The molecule has 0 aliphatic carbocycles. The predicted molar refractivity (Wildman–Crippen MR) is 75.2 cm³/mol. The summed E-state index contributed by atoms with van der Waals surface area (Å²) in [6.45, 7) is 1.94. The van der Waals surface area contributed by atoms with Crippen molar-refractivity contribution in [2.24, 2.45) is 0 Å². The van der Waals surface area contributed by atoms with E-state index in [1.54, 1.807) is 0 Å². The lowest BCUT2D eigenvalue weighted by molar-refractivity contribution is 0.262. The largest absolute Gasteiger partial charge is 0.484 e. The van der Waals surface area contributed by atoms with Crippen molar-refractivity contribution in [1.29, 1.82) is 0 Å². The molecule has 0 spiro atoms. The van der Waals surface area contributed by atoms with Crippen LogP contribution in [-0.2, 0) is 6.61 Å². The zero-order valence-corrected chi connectivity index (χ0v) is 11.7. The van der Waals surface area contributed by atoms with Gasteiger partial charge in [0.15, 0.2) is 18.2 Å². The van der Waals surface area contributed by atoms with E-state index in [4.69, 9.17) is 9.15 Å². The van der Waals surface area contributed by atoms with Gasteiger partial charge in [-0.2, -0.15) is 0 Å². The van der Waals surface area contributed by atoms with Gasteiger partial charge in [0.2, 0.25) is 5.89 Å². The molecule has 3 rings (SSSR count). The smallest absolute Gasteiger partial charge is 0.254 e. The van der Waals surface area contributed by atoms with Gasteiger partial charge in [0.25, 0.3) is 5.89 Å². The maximum Gasteiger partial charge on any atom is 0.254 e. The number of aromatic nitrogens is 2. The lowest BCUT2D eigenvalue weighted by Gasteiger charge is -2.03. The van der Waals surface area contributed by atoms with Gasteiger partial charge in [-0.25, -0.2) is 8.78 Å². The Morgan fingerprint density at radius 2 is 1.91 bits per heavy atom. The van der Waals surface area contributed by atoms with E-state index in [1.807, 2.05) is 31.2 Å². The third kappa shape index (κ3) is 3.11. The lowest BCUT2D eigenvalue weighted by atomic mass is 10.1. The molecule has 0 bridgehead atoms. The maximum atomic E-state index is 13.1. The van der Waals surface area contributed by atoms with Crippen molar-refractivity contribution in [2.45, 2.75) is 13.5 Å². The normalized spacial score (nSPS) is 10.7. The summed E-state index contributed by atoms with van der Waals surface area (Å²) in [6.07, 6.45) is 0. The van der Waals surface area contributed by atoms with E-state index in [0.717, 1.165) is 23.3 Å². The fourth-order valence-electron chi connectivity index (χ4n) is 1.92. The Balaban J connectivity index is 1.70. The highest BCUT2D eigenvalue weighted by Gasteiger charge is 2.10. The Labute approximate surface area is 125 Å². The van der Waals surface area contributed by atoms with Crippen molar-refractivity contribution in [3.63, 3.8) is 0 Å². The first-order valence-corrected chi connectivity index (χ1v) is 6.59. The zero-order valence-electron chi connectivity index (χ0n) is 11.7. The van der Waals surface area contributed by atoms with Gasteiger partial charge in [0.05, 0.1) is 0 Å². The quantitative estimate of drug-likeness (QED) is 0.733. The minimum absolute atomic E-state index is 0.0239. The number of halogens is 2. The van der Waals surface area contributed by atoms with E-state index in [1.165, 1.54) is 6.07 Å². The van der Waals surface area contributed by atoms with Gasteiger partial charge in [0, 0.05) is 11.6 Å². The van der Waals surface area contributed by atoms with E-state index in [-0.39, 0.29) is 18.2 Å². The highest BCUT2D eigenvalue weighted by Crippen LogP contribution is 2.20. The van der Waals surface area contributed by atoms with Crippen molar-refractivity contribution < 1.29 is 17.9 Å². The number of benzene rings is 2. The van der Waals surface area contributed by atoms with Gasteiger partial charge in [-0.15, -0.1) is 10.2 Å². The number of nitrogens with zero attached hydrogens (tertiary/aromatic N) is 2. The number of hydrogen-bond donors (Lipinski definition) is 0. The van der Waals surface area contributed by atoms with E-state index in [9.17, 15) is 8.78 Å². The minimum Gasteiger partial charge on any atom is -0.484 e. The van der Waals surface area contributed by atoms with Crippen LogP contribution in [0, 0.1) is 18.6 Å². The van der Waals surface area contributed by atoms with Crippen LogP contribution in [0.4, 0.5) is 8.78 Å². The lowest BCUT2D eigenvalue weighted by Crippen LogP contribution is -1.96. The molecule has 0 saturated heterocycles. The zero-order chi connectivity index (χ0) is 15.5. The average molecular weight is 302 g/mol. The second kappa shape index (κ2) is 5.93. The highest BCUT2D eigenvalue weighted by molar-refractivity contribution is 5.53. The van der Waals surface area contributed by atoms with Crippen LogP contribution in [0.2, 0.25) is 0 Å². The predicted octanol–water partition coefficient (Wildman–Crippen LogP) is 3.90. The van der Waals surface area contributed by atoms with Gasteiger partial charge < -0.3 is 9.15 Å². The van der Waals surface area contributed by atoms with Gasteiger partial charge in [-0.1, -0.05) is 17.7 Å². The van der Waals surface area contributed by atoms with Crippen LogP contribution in [0.15, 0.2) is 46.9 Å². The van der Waals surface area contributed by atoms with Gasteiger partial charge in [-0.3, -0.25) is 0 Å². The first-order valence-electron chi connectivity index (χ1n) is 6.59. The summed E-state index contributed by atoms with van der Waals surface area (Å²) < 4.78 is 36.7. The van der Waals surface area contributed by atoms with Crippen LogP contribution < -0.4 is 4.74 Å². The van der Waals surface area contributed by atoms with Crippen LogP contribution in [0.1, 0.15) is 11.5 Å². The highest BCUT2D eigenvalue weighted by atomic mass is 19.2. The van der Waals surface area contributed by atoms with Crippen LogP contribution in [0.3, 0.4) is 0 Å². The molecule has 2 aromatic carbocycles. The first-order chi connectivity index (χ1) is 10.6. The summed E-state index contributed by atoms with van der Waals surface area (Å²) in [5.41, 5.74) is 1.89. The van der Waals surface area contributed by atoms with Crippen LogP contribution in [-0.4, -0.2) is 10.2 Å². The Morgan fingerprint density at radius 3 is 2.68 bits per heavy atom. The number of aryl methyl sites for hydroxylation is 1. The molecule has 3 aromatic rings. The molecule has 22 heavy (non-hydrogen) atoms. The molecule has 0 unspecified atom stereocenters. The molecular formula is C16H12F2N2O2. The standard InChI is InChI=1S/C16H12F2N2O2/c1-10-3-2-4-11(7-10)16-20-19-15(22-16)9-21-12-5-6-13(17)14(18)8-12/h2-8H,9H2,1H3. The van der Waals surface area contributed by atoms with Gasteiger partial charge in [0.1, 0.15) is 5.75 Å². The SMILES string of the molecule is Cc1cccc(-c2nnc(COc3ccc(F)c(F)c3)o2)c1. The summed E-state index contributed by atoms with van der Waals surface area (Å²) >= 11 is 0. The van der Waals surface area contributed by atoms with Crippen molar-refractivity contribution in [3.05, 3.63) is 65.6 Å². The monoisotopic (exact) mass is 302 g/mol. The first kappa shape index (κ1) is 14.2. The third-order valence-corrected chi connectivity index (χ3v) is 2.99. The number of rotatable bonds is 4. The van der Waals surface area contributed by atoms with Crippen LogP contribution in [0.5, 0.6) is 5.75 Å². The Morgan fingerprint density at radius 1 is 1.05 bits per heavy atom. The molecule has 4 nitrogen and oxygen atoms in total. The summed E-state index contributed by atoms with van der Waals surface area (Å²) in [6, 6.07) is 10.9. The number of ether oxygens (including phenoxy) is 1. The van der Waals surface area contributed by atoms with E-state index in [0.29, 0.717) is 5.89 Å². The molecule has 0 radical (unpaired) electrons. The summed E-state index contributed by atoms with van der Waals surface area (Å²) in [7, 11) is 0. The topological polar surface area (TPSA) is 48.2 Å². The van der Waals surface area contributed by atoms with Crippen molar-refractivity contribution >= 4 is 0 Å². The maximum absolute atomic E-state index is 13.1. The number of hydrogen-bond acceptors (Lipinski definition) is 4. The Hall–Kier alpha value is -2.76. The third-order valence-electron chi connectivity index (χ3n) is 2.99. The molecule has 1 heterocycles. The molecule has 0 fully saturated rings. The molecule has 0 amide bonds. The molecule has 0 saturated carbocycles. The fraction of sp³-hybridized carbons (Fsp3) is 0.125. The van der Waals surface area contributed by atoms with E-state index in [2.05, 4.69) is 10.2 Å². The Bertz CT molecular complexity index is 802. The second-order valence-electron chi connectivity index (χ2n) is 4.74. The second-order valence-corrected chi connectivity index (χ2v) is 4.74. The summed E-state index contributed by atoms with van der Waals surface area (Å²) in [5.74, 6) is -1.07. The minimum atomic E-state index is -0.969. The summed E-state index contributed by atoms with van der Waals surface area (Å²) in [4.78, 5) is 0. The van der Waals surface area contributed by atoms with Crippen LogP contribution in [0.25, 0.3) is 11.5 Å². The molecule has 0 aliphatic heterocycles. The average Bonchev–Trinajstić information content (AvgIpc) is 2.97. The van der Waals surface area contributed by atoms with Crippen molar-refractivity contribution in [2.75, 3.05) is 0 Å². The summed E-state index contributed by atoms with van der Waals surface area (Å²) in [5, 5.41) is 7.81. The van der Waals surface area contributed by atoms with E-state index >= 15 is 0 Å². The molecule has 0 atom stereocenters.